The largest absolute Gasteiger partial charge is 0.480 e. The van der Waals surface area contributed by atoms with Gasteiger partial charge in [0, 0.05) is 12.6 Å². The fraction of sp³-hybridized carbons (Fsp3) is 0.625. The number of carboxylic acids is 2. The normalized spacial score (nSPS) is 23.8. The highest BCUT2D eigenvalue weighted by Crippen LogP contribution is 2.06. The van der Waals surface area contributed by atoms with Gasteiger partial charge in [-0.25, -0.2) is 4.79 Å². The van der Waals surface area contributed by atoms with Crippen LogP contribution in [-0.4, -0.2) is 53.4 Å². The minimum atomic E-state index is -1.14. The molecule has 8 heteroatoms. The van der Waals surface area contributed by atoms with Gasteiger partial charge >= 0.3 is 18.0 Å². The standard InChI is InChI=1S/C8H13N3O5/c12-6(13)3-10-8(16)11-4-1-5(7(14)15)9-2-4/h4-5,9H,1-3H2,(H,12,13)(H,14,15)(H2,10,11,16)/t4-,5?/m0/s1. The van der Waals surface area contributed by atoms with Crippen LogP contribution in [0.2, 0.25) is 0 Å². The maximum atomic E-state index is 11.1. The van der Waals surface area contributed by atoms with Crippen molar-refractivity contribution in [3.8, 4) is 0 Å². The van der Waals surface area contributed by atoms with Gasteiger partial charge in [0.25, 0.3) is 0 Å². The molecule has 1 heterocycles. The number of amides is 2. The van der Waals surface area contributed by atoms with E-state index in [4.69, 9.17) is 10.2 Å². The smallest absolute Gasteiger partial charge is 0.323 e. The maximum Gasteiger partial charge on any atom is 0.323 e. The van der Waals surface area contributed by atoms with E-state index in [1.165, 1.54) is 0 Å². The van der Waals surface area contributed by atoms with Crippen molar-refractivity contribution in [2.45, 2.75) is 18.5 Å². The van der Waals surface area contributed by atoms with Crippen LogP contribution in [0.5, 0.6) is 0 Å². The molecule has 1 fully saturated rings. The van der Waals surface area contributed by atoms with Crippen molar-refractivity contribution < 1.29 is 24.6 Å². The summed E-state index contributed by atoms with van der Waals surface area (Å²) in [6.07, 6.45) is 0.288. The lowest BCUT2D eigenvalue weighted by atomic mass is 10.2. The van der Waals surface area contributed by atoms with Crippen molar-refractivity contribution in [2.24, 2.45) is 0 Å². The molecule has 0 aromatic heterocycles. The van der Waals surface area contributed by atoms with E-state index >= 15 is 0 Å². The third-order valence-electron chi connectivity index (χ3n) is 2.16. The third kappa shape index (κ3) is 3.73. The molecule has 90 valence electrons. The Hall–Kier alpha value is -1.83. The molecule has 2 amide bonds. The molecule has 0 spiro atoms. The first-order chi connectivity index (χ1) is 7.49. The Kier molecular flexibility index (Phi) is 4.06. The van der Waals surface area contributed by atoms with Gasteiger partial charge in [0.05, 0.1) is 0 Å². The summed E-state index contributed by atoms with van der Waals surface area (Å²) < 4.78 is 0. The van der Waals surface area contributed by atoms with Gasteiger partial charge in [-0.05, 0) is 6.42 Å². The second-order valence-corrected chi connectivity index (χ2v) is 3.45. The van der Waals surface area contributed by atoms with Gasteiger partial charge in [-0.2, -0.15) is 0 Å². The minimum absolute atomic E-state index is 0.288. The number of carboxylic acid groups (broad SMARTS) is 2. The number of carbonyl (C=O) groups excluding carboxylic acids is 1. The number of nitrogens with one attached hydrogen (secondary N) is 3. The van der Waals surface area contributed by atoms with Crippen LogP contribution in [0.1, 0.15) is 6.42 Å². The first-order valence-corrected chi connectivity index (χ1v) is 4.71. The third-order valence-corrected chi connectivity index (χ3v) is 2.16. The molecule has 0 aromatic carbocycles. The van der Waals surface area contributed by atoms with Gasteiger partial charge in [-0.1, -0.05) is 0 Å². The second kappa shape index (κ2) is 5.31. The lowest BCUT2D eigenvalue weighted by Gasteiger charge is -2.11. The number of carbonyl (C=O) groups is 3. The highest BCUT2D eigenvalue weighted by atomic mass is 16.4. The summed E-state index contributed by atoms with van der Waals surface area (Å²) in [5.74, 6) is -2.10. The minimum Gasteiger partial charge on any atom is -0.480 e. The van der Waals surface area contributed by atoms with Crippen LogP contribution in [0.25, 0.3) is 0 Å². The van der Waals surface area contributed by atoms with Crippen LogP contribution in [0, 0.1) is 0 Å². The van der Waals surface area contributed by atoms with Crippen molar-refractivity contribution in [3.63, 3.8) is 0 Å². The molecule has 0 saturated carbocycles. The first kappa shape index (κ1) is 12.2. The van der Waals surface area contributed by atoms with Crippen LogP contribution >= 0.6 is 0 Å². The molecule has 5 N–H and O–H groups in total. The Morgan fingerprint density at radius 1 is 1.31 bits per heavy atom. The van der Waals surface area contributed by atoms with Crippen molar-refractivity contribution >= 4 is 18.0 Å². The van der Waals surface area contributed by atoms with Crippen molar-refractivity contribution in [1.82, 2.24) is 16.0 Å². The van der Waals surface area contributed by atoms with Gasteiger partial charge < -0.3 is 26.2 Å². The van der Waals surface area contributed by atoms with Crippen LogP contribution in [-0.2, 0) is 9.59 Å². The van der Waals surface area contributed by atoms with Gasteiger partial charge in [0.1, 0.15) is 12.6 Å². The molecular formula is C8H13N3O5. The van der Waals surface area contributed by atoms with Gasteiger partial charge in [0.2, 0.25) is 0 Å². The Labute approximate surface area is 91.0 Å². The summed E-state index contributed by atoms with van der Waals surface area (Å²) in [5.41, 5.74) is 0. The molecule has 0 bridgehead atoms. The Bertz CT molecular complexity index is 306. The molecular weight excluding hydrogens is 218 g/mol. The maximum absolute atomic E-state index is 11.1. The van der Waals surface area contributed by atoms with E-state index in [-0.39, 0.29) is 12.5 Å². The summed E-state index contributed by atoms with van der Waals surface area (Å²) in [4.78, 5) is 31.8. The molecule has 1 aliphatic heterocycles. The number of aliphatic carboxylic acids is 2. The van der Waals surface area contributed by atoms with Crippen LogP contribution in [0.3, 0.4) is 0 Å². The number of rotatable bonds is 4. The molecule has 0 aromatic rings. The zero-order valence-electron chi connectivity index (χ0n) is 8.40. The molecule has 1 unspecified atom stereocenters. The molecule has 1 rings (SSSR count). The monoisotopic (exact) mass is 231 g/mol. The van der Waals surface area contributed by atoms with Gasteiger partial charge in [-0.15, -0.1) is 0 Å². The van der Waals surface area contributed by atoms with E-state index < -0.39 is 30.6 Å². The predicted molar refractivity (Wildman–Crippen MR) is 52.0 cm³/mol. The fourth-order valence-electron chi connectivity index (χ4n) is 1.43. The zero-order chi connectivity index (χ0) is 12.1. The topological polar surface area (TPSA) is 128 Å². The summed E-state index contributed by atoms with van der Waals surface area (Å²) in [5, 5.41) is 24.3. The Morgan fingerprint density at radius 2 is 2.00 bits per heavy atom. The molecule has 0 radical (unpaired) electrons. The Morgan fingerprint density at radius 3 is 2.50 bits per heavy atom. The number of urea groups is 1. The summed E-state index contributed by atoms with van der Waals surface area (Å²) in [6.45, 7) is -0.105. The average molecular weight is 231 g/mol. The number of hydrogen-bond acceptors (Lipinski definition) is 4. The van der Waals surface area contributed by atoms with Crippen molar-refractivity contribution in [3.05, 3.63) is 0 Å². The highest BCUT2D eigenvalue weighted by molar-refractivity contribution is 5.80. The van der Waals surface area contributed by atoms with Crippen molar-refractivity contribution in [2.75, 3.05) is 13.1 Å². The molecule has 2 atom stereocenters. The van der Waals surface area contributed by atoms with Crippen molar-refractivity contribution in [1.29, 1.82) is 0 Å². The van der Waals surface area contributed by atoms with E-state index in [9.17, 15) is 14.4 Å². The first-order valence-electron chi connectivity index (χ1n) is 4.71. The molecule has 0 aliphatic carbocycles. The lowest BCUT2D eigenvalue weighted by Crippen LogP contribution is -2.44. The Balaban J connectivity index is 2.26. The molecule has 8 nitrogen and oxygen atoms in total. The molecule has 16 heavy (non-hydrogen) atoms. The summed E-state index contributed by atoms with van der Waals surface area (Å²) in [7, 11) is 0. The predicted octanol–water partition coefficient (Wildman–Crippen LogP) is -1.81. The lowest BCUT2D eigenvalue weighted by molar-refractivity contribution is -0.139. The summed E-state index contributed by atoms with van der Waals surface area (Å²) in [6, 6.07) is -1.57. The molecule has 1 saturated heterocycles. The quantitative estimate of drug-likeness (QED) is 0.388. The fourth-order valence-corrected chi connectivity index (χ4v) is 1.43. The van der Waals surface area contributed by atoms with E-state index in [0.29, 0.717) is 6.54 Å². The second-order valence-electron chi connectivity index (χ2n) is 3.45. The highest BCUT2D eigenvalue weighted by Gasteiger charge is 2.29. The molecule has 1 aliphatic rings. The van der Waals surface area contributed by atoms with E-state index in [1.807, 2.05) is 0 Å². The average Bonchev–Trinajstić information content (AvgIpc) is 2.63. The SMILES string of the molecule is O=C(O)CNC(=O)N[C@@H]1CNC(C(=O)O)C1. The van der Waals surface area contributed by atoms with Gasteiger partial charge in [-0.3, -0.25) is 9.59 Å². The van der Waals surface area contributed by atoms with Crippen LogP contribution in [0.4, 0.5) is 4.79 Å². The summed E-state index contributed by atoms with van der Waals surface area (Å²) >= 11 is 0. The van der Waals surface area contributed by atoms with E-state index in [0.717, 1.165) is 0 Å². The van der Waals surface area contributed by atoms with E-state index in [1.54, 1.807) is 0 Å². The van der Waals surface area contributed by atoms with E-state index in [2.05, 4.69) is 16.0 Å². The zero-order valence-corrected chi connectivity index (χ0v) is 8.40. The van der Waals surface area contributed by atoms with Crippen LogP contribution in [0.15, 0.2) is 0 Å². The van der Waals surface area contributed by atoms with Crippen LogP contribution < -0.4 is 16.0 Å². The number of hydrogen-bond donors (Lipinski definition) is 5. The van der Waals surface area contributed by atoms with Gasteiger partial charge in [0.15, 0.2) is 0 Å².